The summed E-state index contributed by atoms with van der Waals surface area (Å²) in [6.45, 7) is 1.84. The first kappa shape index (κ1) is 15.7. The Bertz CT molecular complexity index is 708. The fraction of sp³-hybridized carbons (Fsp3) is 0.0667. The van der Waals surface area contributed by atoms with Crippen molar-refractivity contribution in [3.05, 3.63) is 62.6 Å². The normalized spacial score (nSPS) is 11.1. The molecule has 6 heteroatoms. The van der Waals surface area contributed by atoms with Crippen molar-refractivity contribution in [3.63, 3.8) is 0 Å². The van der Waals surface area contributed by atoms with E-state index in [2.05, 4.69) is 16.6 Å². The molecule has 2 rings (SSSR count). The maximum atomic E-state index is 8.77. The van der Waals surface area contributed by atoms with Crippen molar-refractivity contribution in [1.82, 2.24) is 0 Å². The Morgan fingerprint density at radius 2 is 1.67 bits per heavy atom. The molecule has 0 saturated carbocycles. The van der Waals surface area contributed by atoms with Gasteiger partial charge in [0.05, 0.1) is 33.1 Å². The highest BCUT2D eigenvalue weighted by atomic mass is 35.5. The first-order valence-corrected chi connectivity index (χ1v) is 7.10. The maximum absolute atomic E-state index is 8.77. The van der Waals surface area contributed by atoms with Gasteiger partial charge in [-0.25, -0.2) is 0 Å². The molecule has 0 fully saturated rings. The van der Waals surface area contributed by atoms with Gasteiger partial charge in [0.15, 0.2) is 0 Å². The van der Waals surface area contributed by atoms with Gasteiger partial charge in [-0.1, -0.05) is 46.9 Å². The number of hydrazone groups is 1. The standard InChI is InChI=1S/C15H10Cl3N3/c1-9(11-4-2-10(8-19)3-5-11)20-21-15-13(17)6-12(16)7-14(15)18/h2-7,21H,1H3/b20-9-. The summed E-state index contributed by atoms with van der Waals surface area (Å²) in [5.74, 6) is 0. The minimum Gasteiger partial charge on any atom is -0.275 e. The van der Waals surface area contributed by atoms with Crippen molar-refractivity contribution in [1.29, 1.82) is 5.26 Å². The van der Waals surface area contributed by atoms with Gasteiger partial charge in [-0.3, -0.25) is 5.43 Å². The molecule has 0 radical (unpaired) electrons. The SMILES string of the molecule is C/C(=N/Nc1c(Cl)cc(Cl)cc1Cl)c1ccc(C#N)cc1. The Morgan fingerprint density at radius 1 is 1.10 bits per heavy atom. The van der Waals surface area contributed by atoms with Gasteiger partial charge in [-0.15, -0.1) is 0 Å². The number of nitriles is 1. The predicted octanol–water partition coefficient (Wildman–Crippen LogP) is 5.35. The van der Waals surface area contributed by atoms with Crippen molar-refractivity contribution in [2.75, 3.05) is 5.43 Å². The fourth-order valence-corrected chi connectivity index (χ4v) is 2.54. The third-order valence-corrected chi connectivity index (χ3v) is 3.59. The van der Waals surface area contributed by atoms with E-state index >= 15 is 0 Å². The molecule has 3 nitrogen and oxygen atoms in total. The first-order valence-electron chi connectivity index (χ1n) is 5.96. The minimum absolute atomic E-state index is 0.392. The van der Waals surface area contributed by atoms with Crippen molar-refractivity contribution < 1.29 is 0 Å². The summed E-state index contributed by atoms with van der Waals surface area (Å²) in [6.07, 6.45) is 0. The fourth-order valence-electron chi connectivity index (χ4n) is 1.64. The smallest absolute Gasteiger partial charge is 0.0991 e. The highest BCUT2D eigenvalue weighted by Gasteiger charge is 2.07. The van der Waals surface area contributed by atoms with Crippen LogP contribution in [0.5, 0.6) is 0 Å². The van der Waals surface area contributed by atoms with Crippen LogP contribution in [0, 0.1) is 11.3 Å². The molecule has 0 amide bonds. The molecule has 0 atom stereocenters. The van der Waals surface area contributed by atoms with Gasteiger partial charge in [0.2, 0.25) is 0 Å². The molecule has 0 aliphatic heterocycles. The minimum atomic E-state index is 0.392. The van der Waals surface area contributed by atoms with E-state index in [4.69, 9.17) is 40.1 Å². The molecule has 0 aliphatic carbocycles. The van der Waals surface area contributed by atoms with Crippen LogP contribution in [-0.4, -0.2) is 5.71 Å². The van der Waals surface area contributed by atoms with Gasteiger partial charge in [-0.05, 0) is 36.8 Å². The lowest BCUT2D eigenvalue weighted by Gasteiger charge is -2.08. The van der Waals surface area contributed by atoms with E-state index in [0.29, 0.717) is 26.3 Å². The van der Waals surface area contributed by atoms with E-state index in [1.807, 2.05) is 19.1 Å². The zero-order valence-electron chi connectivity index (χ0n) is 11.0. The van der Waals surface area contributed by atoms with E-state index in [9.17, 15) is 0 Å². The van der Waals surface area contributed by atoms with Crippen LogP contribution in [0.15, 0.2) is 41.5 Å². The summed E-state index contributed by atoms with van der Waals surface area (Å²) in [5, 5.41) is 14.3. The molecular weight excluding hydrogens is 329 g/mol. The maximum Gasteiger partial charge on any atom is 0.0991 e. The molecule has 21 heavy (non-hydrogen) atoms. The third kappa shape index (κ3) is 3.89. The molecule has 0 spiro atoms. The van der Waals surface area contributed by atoms with Crippen molar-refractivity contribution in [2.24, 2.45) is 5.10 Å². The van der Waals surface area contributed by atoms with Crippen molar-refractivity contribution >= 4 is 46.2 Å². The van der Waals surface area contributed by atoms with Crippen LogP contribution >= 0.6 is 34.8 Å². The second kappa shape index (κ2) is 6.82. The summed E-state index contributed by atoms with van der Waals surface area (Å²) >= 11 is 18.0. The predicted molar refractivity (Wildman–Crippen MR) is 88.5 cm³/mol. The lowest BCUT2D eigenvalue weighted by Crippen LogP contribution is -2.00. The summed E-state index contributed by atoms with van der Waals surface area (Å²) in [5.41, 5.74) is 5.56. The Hall–Kier alpha value is -1.73. The second-order valence-corrected chi connectivity index (χ2v) is 5.49. The molecule has 106 valence electrons. The summed E-state index contributed by atoms with van der Waals surface area (Å²) in [6, 6.07) is 12.4. The molecule has 0 heterocycles. The second-order valence-electron chi connectivity index (χ2n) is 4.24. The van der Waals surface area contributed by atoms with Gasteiger partial charge >= 0.3 is 0 Å². The monoisotopic (exact) mass is 337 g/mol. The average molecular weight is 339 g/mol. The number of nitrogens with zero attached hydrogens (tertiary/aromatic N) is 2. The van der Waals surface area contributed by atoms with E-state index in [-0.39, 0.29) is 0 Å². The zero-order valence-corrected chi connectivity index (χ0v) is 13.3. The number of benzene rings is 2. The summed E-state index contributed by atoms with van der Waals surface area (Å²) < 4.78 is 0. The van der Waals surface area contributed by atoms with Crippen LogP contribution < -0.4 is 5.43 Å². The molecule has 0 unspecified atom stereocenters. The number of anilines is 1. The highest BCUT2D eigenvalue weighted by molar-refractivity contribution is 6.41. The van der Waals surface area contributed by atoms with Gasteiger partial charge in [0, 0.05) is 5.02 Å². The van der Waals surface area contributed by atoms with Crippen LogP contribution in [0.1, 0.15) is 18.1 Å². The van der Waals surface area contributed by atoms with Gasteiger partial charge in [0.1, 0.15) is 0 Å². The number of hydrogen-bond donors (Lipinski definition) is 1. The Morgan fingerprint density at radius 3 is 2.19 bits per heavy atom. The summed E-state index contributed by atoms with van der Waals surface area (Å²) in [7, 11) is 0. The molecular formula is C15H10Cl3N3. The Balaban J connectivity index is 2.22. The quantitative estimate of drug-likeness (QED) is 0.605. The highest BCUT2D eigenvalue weighted by Crippen LogP contribution is 2.33. The molecule has 0 aromatic heterocycles. The molecule has 1 N–H and O–H groups in total. The van der Waals surface area contributed by atoms with E-state index in [0.717, 1.165) is 11.3 Å². The van der Waals surface area contributed by atoms with Crippen LogP contribution in [0.3, 0.4) is 0 Å². The third-order valence-electron chi connectivity index (χ3n) is 2.77. The molecule has 0 saturated heterocycles. The first-order chi connectivity index (χ1) is 10.0. The Labute approximate surface area is 137 Å². The molecule has 0 bridgehead atoms. The lowest BCUT2D eigenvalue weighted by atomic mass is 10.1. The van der Waals surface area contributed by atoms with E-state index in [1.165, 1.54) is 0 Å². The number of halogens is 3. The van der Waals surface area contributed by atoms with Crippen LogP contribution in [0.4, 0.5) is 5.69 Å². The molecule has 2 aromatic rings. The van der Waals surface area contributed by atoms with Crippen LogP contribution in [0.25, 0.3) is 0 Å². The van der Waals surface area contributed by atoms with Crippen molar-refractivity contribution in [3.8, 4) is 6.07 Å². The van der Waals surface area contributed by atoms with Crippen molar-refractivity contribution in [2.45, 2.75) is 6.92 Å². The van der Waals surface area contributed by atoms with E-state index in [1.54, 1.807) is 24.3 Å². The van der Waals surface area contributed by atoms with Gasteiger partial charge < -0.3 is 0 Å². The number of hydrogen-bond acceptors (Lipinski definition) is 3. The topological polar surface area (TPSA) is 48.2 Å². The van der Waals surface area contributed by atoms with Crippen LogP contribution in [-0.2, 0) is 0 Å². The number of nitrogens with one attached hydrogen (secondary N) is 1. The average Bonchev–Trinajstić information content (AvgIpc) is 2.46. The largest absolute Gasteiger partial charge is 0.275 e. The number of rotatable bonds is 3. The molecule has 2 aromatic carbocycles. The van der Waals surface area contributed by atoms with Gasteiger partial charge in [0.25, 0.3) is 0 Å². The summed E-state index contributed by atoms with van der Waals surface area (Å²) in [4.78, 5) is 0. The van der Waals surface area contributed by atoms with Gasteiger partial charge in [-0.2, -0.15) is 10.4 Å². The Kier molecular flexibility index (Phi) is 5.08. The molecule has 0 aliphatic rings. The lowest BCUT2D eigenvalue weighted by molar-refractivity contribution is 1.32. The zero-order chi connectivity index (χ0) is 15.4. The van der Waals surface area contributed by atoms with Crippen LogP contribution in [0.2, 0.25) is 15.1 Å². The van der Waals surface area contributed by atoms with E-state index < -0.39 is 0 Å².